The molecule has 0 heterocycles. The lowest BCUT2D eigenvalue weighted by molar-refractivity contribution is -0.192. The molecule has 15 heavy (non-hydrogen) atoms. The molecule has 0 radical (unpaired) electrons. The minimum atomic E-state index is -5.08. The molecule has 0 fully saturated rings. The number of nitrogens with two attached hydrogens (primary N) is 1. The van der Waals surface area contributed by atoms with Crippen molar-refractivity contribution in [3.05, 3.63) is 0 Å². The van der Waals surface area contributed by atoms with Crippen LogP contribution in [0.1, 0.15) is 6.42 Å². The molecule has 8 heteroatoms. The number of carboxylic acids is 1. The smallest absolute Gasteiger partial charge is 0.475 e. The van der Waals surface area contributed by atoms with Gasteiger partial charge in [-0.15, -0.1) is 0 Å². The van der Waals surface area contributed by atoms with Crippen molar-refractivity contribution in [2.45, 2.75) is 18.6 Å². The van der Waals surface area contributed by atoms with E-state index in [0.717, 1.165) is 17.9 Å². The zero-order valence-electron chi connectivity index (χ0n) is 8.12. The Morgan fingerprint density at radius 3 is 2.20 bits per heavy atom. The van der Waals surface area contributed by atoms with E-state index in [1.54, 1.807) is 0 Å². The van der Waals surface area contributed by atoms with E-state index in [1.807, 2.05) is 11.8 Å². The Morgan fingerprint density at radius 2 is 2.00 bits per heavy atom. The average molecular weight is 265 g/mol. The van der Waals surface area contributed by atoms with Crippen LogP contribution in [0.3, 0.4) is 0 Å². The van der Waals surface area contributed by atoms with Crippen molar-refractivity contribution in [2.24, 2.45) is 5.73 Å². The lowest BCUT2D eigenvalue weighted by atomic mass is 10.3. The van der Waals surface area contributed by atoms with Crippen molar-refractivity contribution >= 4 is 30.4 Å². The van der Waals surface area contributed by atoms with Crippen molar-refractivity contribution in [3.8, 4) is 0 Å². The maximum atomic E-state index is 10.6. The topological polar surface area (TPSA) is 63.3 Å². The Morgan fingerprint density at radius 1 is 1.60 bits per heavy atom. The van der Waals surface area contributed by atoms with Crippen LogP contribution in [0.4, 0.5) is 13.2 Å². The molecule has 0 unspecified atom stereocenters. The summed E-state index contributed by atoms with van der Waals surface area (Å²) in [5.41, 5.74) is 5.57. The van der Waals surface area contributed by atoms with Gasteiger partial charge < -0.3 is 10.8 Å². The molecule has 0 bridgehead atoms. The second-order valence-electron chi connectivity index (χ2n) is 2.53. The standard InChI is InChI=1S/C5H13NS2.C2HF3O2/c1-8-3-2-5(6)4-7;3-2(4,5)1(6)7/h5,7H,2-4,6H2,1H3;(H,6,7)/t5-;/m0./s1. The second kappa shape index (κ2) is 9.17. The number of carboxylic acid groups (broad SMARTS) is 1. The van der Waals surface area contributed by atoms with Gasteiger partial charge in [-0.3, -0.25) is 0 Å². The van der Waals surface area contributed by atoms with E-state index in [2.05, 4.69) is 18.9 Å². The monoisotopic (exact) mass is 265 g/mol. The molecule has 0 aromatic carbocycles. The van der Waals surface area contributed by atoms with Crippen molar-refractivity contribution in [2.75, 3.05) is 17.8 Å². The first-order valence-electron chi connectivity index (χ1n) is 3.91. The van der Waals surface area contributed by atoms with Crippen LogP contribution < -0.4 is 5.73 Å². The normalized spacial score (nSPS) is 12.7. The van der Waals surface area contributed by atoms with Gasteiger partial charge in [-0.1, -0.05) is 0 Å². The molecule has 0 spiro atoms. The third kappa shape index (κ3) is 13.9. The zero-order valence-corrected chi connectivity index (χ0v) is 9.83. The zero-order chi connectivity index (χ0) is 12.5. The molecule has 0 amide bonds. The number of rotatable bonds is 4. The van der Waals surface area contributed by atoms with Crippen LogP contribution in [0.2, 0.25) is 0 Å². The lowest BCUT2D eigenvalue weighted by Crippen LogP contribution is -2.22. The minimum Gasteiger partial charge on any atom is -0.475 e. The van der Waals surface area contributed by atoms with Gasteiger partial charge in [0.1, 0.15) is 0 Å². The Kier molecular flexibility index (Phi) is 10.6. The van der Waals surface area contributed by atoms with E-state index < -0.39 is 12.1 Å². The molecule has 0 aliphatic rings. The van der Waals surface area contributed by atoms with Crippen LogP contribution in [0, 0.1) is 0 Å². The first-order chi connectivity index (χ1) is 6.75. The number of alkyl halides is 3. The summed E-state index contributed by atoms with van der Waals surface area (Å²) >= 11 is 5.89. The summed E-state index contributed by atoms with van der Waals surface area (Å²) in [5, 5.41) is 7.12. The number of hydrogen-bond donors (Lipinski definition) is 3. The quantitative estimate of drug-likeness (QED) is 0.676. The second-order valence-corrected chi connectivity index (χ2v) is 3.88. The summed E-state index contributed by atoms with van der Waals surface area (Å²) in [6, 6.07) is 0.297. The van der Waals surface area contributed by atoms with Gasteiger partial charge in [-0.2, -0.15) is 37.6 Å². The molecule has 0 aromatic rings. The molecular formula is C7H14F3NO2S2. The summed E-state index contributed by atoms with van der Waals surface area (Å²) < 4.78 is 31.7. The molecule has 92 valence electrons. The largest absolute Gasteiger partial charge is 0.490 e. The van der Waals surface area contributed by atoms with E-state index in [0.29, 0.717) is 6.04 Å². The highest BCUT2D eigenvalue weighted by molar-refractivity contribution is 7.98. The Hall–Kier alpha value is -0.0800. The van der Waals surface area contributed by atoms with Gasteiger partial charge in [0.25, 0.3) is 0 Å². The summed E-state index contributed by atoms with van der Waals surface area (Å²) in [4.78, 5) is 8.90. The SMILES string of the molecule is CSCC[C@H](N)CS.O=C(O)C(F)(F)F. The number of carbonyl (C=O) groups is 1. The molecular weight excluding hydrogens is 251 g/mol. The Bertz CT molecular complexity index is 178. The fraction of sp³-hybridized carbons (Fsp3) is 0.857. The van der Waals surface area contributed by atoms with E-state index >= 15 is 0 Å². The first-order valence-corrected chi connectivity index (χ1v) is 5.93. The highest BCUT2D eigenvalue weighted by Gasteiger charge is 2.38. The van der Waals surface area contributed by atoms with Crippen molar-refractivity contribution in [1.82, 2.24) is 0 Å². The number of halogens is 3. The first kappa shape index (κ1) is 17.3. The van der Waals surface area contributed by atoms with Crippen LogP contribution in [0.25, 0.3) is 0 Å². The summed E-state index contributed by atoms with van der Waals surface area (Å²) in [5.74, 6) is -0.796. The third-order valence-corrected chi connectivity index (χ3v) is 2.28. The average Bonchev–Trinajstić information content (AvgIpc) is 2.13. The van der Waals surface area contributed by atoms with E-state index in [4.69, 9.17) is 15.6 Å². The maximum Gasteiger partial charge on any atom is 0.490 e. The minimum absolute atomic E-state index is 0.297. The Labute approximate surface area is 96.0 Å². The third-order valence-electron chi connectivity index (χ3n) is 1.17. The van der Waals surface area contributed by atoms with Gasteiger partial charge >= 0.3 is 12.1 Å². The molecule has 3 N–H and O–H groups in total. The predicted molar refractivity (Wildman–Crippen MR) is 58.5 cm³/mol. The number of thioether (sulfide) groups is 1. The molecule has 0 saturated heterocycles. The maximum absolute atomic E-state index is 10.6. The van der Waals surface area contributed by atoms with Gasteiger partial charge in [0, 0.05) is 11.8 Å². The highest BCUT2D eigenvalue weighted by Crippen LogP contribution is 2.13. The number of hydrogen-bond acceptors (Lipinski definition) is 4. The molecule has 3 nitrogen and oxygen atoms in total. The van der Waals surface area contributed by atoms with Gasteiger partial charge in [0.15, 0.2) is 0 Å². The molecule has 1 atom stereocenters. The summed E-state index contributed by atoms with van der Waals surface area (Å²) in [6.07, 6.45) is -1.91. The van der Waals surface area contributed by atoms with Crippen LogP contribution in [0.15, 0.2) is 0 Å². The van der Waals surface area contributed by atoms with Crippen LogP contribution >= 0.6 is 24.4 Å². The van der Waals surface area contributed by atoms with Crippen molar-refractivity contribution in [3.63, 3.8) is 0 Å². The fourth-order valence-corrected chi connectivity index (χ4v) is 1.08. The number of thiol groups is 1. The van der Waals surface area contributed by atoms with Gasteiger partial charge in [0.2, 0.25) is 0 Å². The number of aliphatic carboxylic acids is 1. The molecule has 0 aromatic heterocycles. The molecule has 0 saturated carbocycles. The van der Waals surface area contributed by atoms with Crippen molar-refractivity contribution < 1.29 is 23.1 Å². The van der Waals surface area contributed by atoms with Crippen LogP contribution in [-0.4, -0.2) is 41.1 Å². The summed E-state index contributed by atoms with van der Waals surface area (Å²) in [7, 11) is 0. The van der Waals surface area contributed by atoms with Crippen LogP contribution in [-0.2, 0) is 4.79 Å². The van der Waals surface area contributed by atoms with E-state index in [1.165, 1.54) is 0 Å². The van der Waals surface area contributed by atoms with Gasteiger partial charge in [0.05, 0.1) is 0 Å². The molecule has 0 aliphatic carbocycles. The molecule has 0 aliphatic heterocycles. The summed E-state index contributed by atoms with van der Waals surface area (Å²) in [6.45, 7) is 0. The van der Waals surface area contributed by atoms with E-state index in [-0.39, 0.29) is 0 Å². The predicted octanol–water partition coefficient (Wildman–Crippen LogP) is 1.63. The lowest BCUT2D eigenvalue weighted by Gasteiger charge is -2.04. The fourth-order valence-electron chi connectivity index (χ4n) is 0.361. The van der Waals surface area contributed by atoms with E-state index in [9.17, 15) is 13.2 Å². The highest BCUT2D eigenvalue weighted by atomic mass is 32.2. The van der Waals surface area contributed by atoms with Gasteiger partial charge in [-0.05, 0) is 18.4 Å². The molecule has 0 rings (SSSR count). The van der Waals surface area contributed by atoms with Crippen molar-refractivity contribution in [1.29, 1.82) is 0 Å². The Balaban J connectivity index is 0. The van der Waals surface area contributed by atoms with Crippen LogP contribution in [0.5, 0.6) is 0 Å². The van der Waals surface area contributed by atoms with Gasteiger partial charge in [-0.25, -0.2) is 4.79 Å².